The molecule has 0 saturated carbocycles. The highest BCUT2D eigenvalue weighted by atomic mass is 35.5. The fourth-order valence-electron chi connectivity index (χ4n) is 3.97. The van der Waals surface area contributed by atoms with Gasteiger partial charge in [-0.3, -0.25) is 14.9 Å². The van der Waals surface area contributed by atoms with Gasteiger partial charge in [0.2, 0.25) is 10.0 Å². The lowest BCUT2D eigenvalue weighted by Crippen LogP contribution is -2.49. The molecule has 2 fully saturated rings. The molecular formula is C21H23ClN4O6S. The van der Waals surface area contributed by atoms with E-state index < -0.39 is 14.9 Å². The van der Waals surface area contributed by atoms with E-state index in [2.05, 4.69) is 0 Å². The number of nitro benzene ring substituents is 1. The number of morpholine rings is 1. The topological polar surface area (TPSA) is 113 Å². The lowest BCUT2D eigenvalue weighted by Gasteiger charge is -2.37. The molecule has 0 aliphatic carbocycles. The number of amides is 1. The van der Waals surface area contributed by atoms with Crippen LogP contribution in [0, 0.1) is 10.1 Å². The molecule has 176 valence electrons. The Balaban J connectivity index is 1.59. The fraction of sp³-hybridized carbons (Fsp3) is 0.381. The van der Waals surface area contributed by atoms with Crippen LogP contribution in [0.5, 0.6) is 0 Å². The summed E-state index contributed by atoms with van der Waals surface area (Å²) < 4.78 is 33.3. The summed E-state index contributed by atoms with van der Waals surface area (Å²) in [5.74, 6) is -0.190. The largest absolute Gasteiger partial charge is 0.379 e. The third-order valence-electron chi connectivity index (χ3n) is 5.75. The minimum Gasteiger partial charge on any atom is -0.379 e. The van der Waals surface area contributed by atoms with Crippen molar-refractivity contribution in [3.05, 3.63) is 63.2 Å². The number of anilines is 1. The fourth-order valence-corrected chi connectivity index (χ4v) is 5.82. The van der Waals surface area contributed by atoms with Gasteiger partial charge in [0.15, 0.2) is 0 Å². The first kappa shape index (κ1) is 23.4. The summed E-state index contributed by atoms with van der Waals surface area (Å²) in [4.78, 5) is 27.0. The van der Waals surface area contributed by atoms with Crippen molar-refractivity contribution in [1.29, 1.82) is 0 Å². The second kappa shape index (κ2) is 9.64. The first-order valence-corrected chi connectivity index (χ1v) is 12.3. The third-order valence-corrected chi connectivity index (χ3v) is 8.01. The average Bonchev–Trinajstić information content (AvgIpc) is 2.84. The van der Waals surface area contributed by atoms with E-state index in [4.69, 9.17) is 16.3 Å². The van der Waals surface area contributed by atoms with E-state index in [1.165, 1.54) is 16.4 Å². The van der Waals surface area contributed by atoms with Crippen LogP contribution in [0.3, 0.4) is 0 Å². The Hall–Kier alpha value is -2.73. The predicted molar refractivity (Wildman–Crippen MR) is 122 cm³/mol. The molecular weight excluding hydrogens is 472 g/mol. The first-order chi connectivity index (χ1) is 15.8. The van der Waals surface area contributed by atoms with E-state index in [1.54, 1.807) is 29.2 Å². The molecule has 2 aromatic rings. The molecule has 2 heterocycles. The molecule has 10 nitrogen and oxygen atoms in total. The van der Waals surface area contributed by atoms with Crippen LogP contribution in [0.2, 0.25) is 5.02 Å². The number of sulfonamides is 1. The number of halogens is 1. The van der Waals surface area contributed by atoms with Gasteiger partial charge in [-0.15, -0.1) is 0 Å². The van der Waals surface area contributed by atoms with Crippen molar-refractivity contribution in [2.45, 2.75) is 4.90 Å². The maximum Gasteiger partial charge on any atom is 0.270 e. The Morgan fingerprint density at radius 1 is 1.00 bits per heavy atom. The normalized spacial score (nSPS) is 17.7. The number of carbonyl (C=O) groups is 1. The van der Waals surface area contributed by atoms with Crippen LogP contribution < -0.4 is 4.90 Å². The van der Waals surface area contributed by atoms with Crippen LogP contribution in [0.4, 0.5) is 11.4 Å². The highest BCUT2D eigenvalue weighted by Crippen LogP contribution is 2.33. The number of non-ortho nitro benzene ring substituents is 1. The highest BCUT2D eigenvalue weighted by Gasteiger charge is 2.33. The molecule has 33 heavy (non-hydrogen) atoms. The zero-order chi connectivity index (χ0) is 23.6. The molecule has 2 aliphatic rings. The van der Waals surface area contributed by atoms with E-state index in [9.17, 15) is 23.3 Å². The summed E-state index contributed by atoms with van der Waals surface area (Å²) in [6.45, 7) is 2.38. The smallest absolute Gasteiger partial charge is 0.270 e. The Morgan fingerprint density at radius 2 is 1.67 bits per heavy atom. The summed E-state index contributed by atoms with van der Waals surface area (Å²) in [6.07, 6.45) is 0. The Labute approximate surface area is 196 Å². The van der Waals surface area contributed by atoms with Gasteiger partial charge >= 0.3 is 0 Å². The molecule has 0 spiro atoms. The number of ether oxygens (including phenoxy) is 1. The van der Waals surface area contributed by atoms with Crippen molar-refractivity contribution < 1.29 is 22.9 Å². The number of nitro groups is 1. The average molecular weight is 495 g/mol. The summed E-state index contributed by atoms with van der Waals surface area (Å²) in [5, 5.41) is 11.7. The zero-order valence-electron chi connectivity index (χ0n) is 17.7. The minimum atomic E-state index is -3.97. The van der Waals surface area contributed by atoms with Crippen molar-refractivity contribution >= 4 is 38.9 Å². The number of benzene rings is 2. The maximum absolute atomic E-state index is 13.4. The van der Waals surface area contributed by atoms with Crippen molar-refractivity contribution in [3.63, 3.8) is 0 Å². The lowest BCUT2D eigenvalue weighted by atomic mass is 10.1. The first-order valence-electron chi connectivity index (χ1n) is 10.4. The number of carbonyl (C=O) groups excluding carboxylic acids is 1. The molecule has 2 aromatic carbocycles. The van der Waals surface area contributed by atoms with E-state index in [0.717, 1.165) is 6.07 Å². The number of piperazine rings is 1. The highest BCUT2D eigenvalue weighted by molar-refractivity contribution is 7.89. The Morgan fingerprint density at radius 3 is 2.30 bits per heavy atom. The summed E-state index contributed by atoms with van der Waals surface area (Å²) in [7, 11) is -3.97. The molecule has 4 rings (SSSR count). The molecule has 2 saturated heterocycles. The molecule has 2 aliphatic heterocycles. The molecule has 0 bridgehead atoms. The van der Waals surface area contributed by atoms with Crippen molar-refractivity contribution in [2.24, 2.45) is 0 Å². The van der Waals surface area contributed by atoms with Gasteiger partial charge in [-0.2, -0.15) is 4.31 Å². The maximum atomic E-state index is 13.4. The van der Waals surface area contributed by atoms with Gasteiger partial charge in [0, 0.05) is 51.4 Å². The van der Waals surface area contributed by atoms with Gasteiger partial charge in [0.1, 0.15) is 4.90 Å². The van der Waals surface area contributed by atoms with Crippen molar-refractivity contribution in [2.75, 3.05) is 57.4 Å². The molecule has 12 heteroatoms. The van der Waals surface area contributed by atoms with Crippen molar-refractivity contribution in [3.8, 4) is 0 Å². The lowest BCUT2D eigenvalue weighted by molar-refractivity contribution is -0.385. The monoisotopic (exact) mass is 494 g/mol. The van der Waals surface area contributed by atoms with E-state index in [-0.39, 0.29) is 42.8 Å². The van der Waals surface area contributed by atoms with Crippen LogP contribution in [-0.2, 0) is 14.8 Å². The second-order valence-electron chi connectivity index (χ2n) is 7.68. The van der Waals surface area contributed by atoms with Crippen LogP contribution in [-0.4, -0.2) is 80.9 Å². The van der Waals surface area contributed by atoms with E-state index in [0.29, 0.717) is 42.5 Å². The van der Waals surface area contributed by atoms with Gasteiger partial charge < -0.3 is 14.5 Å². The molecule has 1 amide bonds. The van der Waals surface area contributed by atoms with Gasteiger partial charge in [0.25, 0.3) is 11.6 Å². The Bertz CT molecular complexity index is 1160. The van der Waals surface area contributed by atoms with Gasteiger partial charge in [-0.1, -0.05) is 23.7 Å². The van der Waals surface area contributed by atoms with Crippen LogP contribution in [0.1, 0.15) is 10.4 Å². The summed E-state index contributed by atoms with van der Waals surface area (Å²) in [6, 6.07) is 10.7. The molecule has 0 unspecified atom stereocenters. The van der Waals surface area contributed by atoms with Crippen LogP contribution >= 0.6 is 11.6 Å². The molecule has 0 atom stereocenters. The number of hydrogen-bond acceptors (Lipinski definition) is 7. The summed E-state index contributed by atoms with van der Waals surface area (Å²) >= 11 is 6.15. The third kappa shape index (κ3) is 4.81. The Kier molecular flexibility index (Phi) is 6.84. The van der Waals surface area contributed by atoms with E-state index in [1.807, 2.05) is 4.90 Å². The number of rotatable bonds is 5. The van der Waals surface area contributed by atoms with Crippen molar-refractivity contribution in [1.82, 2.24) is 9.21 Å². The predicted octanol–water partition coefficient (Wildman–Crippen LogP) is 2.23. The van der Waals surface area contributed by atoms with Crippen LogP contribution in [0.15, 0.2) is 47.4 Å². The minimum absolute atomic E-state index is 0.107. The van der Waals surface area contributed by atoms with Gasteiger partial charge in [-0.05, 0) is 18.2 Å². The quantitative estimate of drug-likeness (QED) is 0.462. The molecule has 0 N–H and O–H groups in total. The van der Waals surface area contributed by atoms with Gasteiger partial charge in [0.05, 0.1) is 34.4 Å². The van der Waals surface area contributed by atoms with E-state index >= 15 is 0 Å². The molecule has 0 aromatic heterocycles. The molecule has 0 radical (unpaired) electrons. The number of hydrogen-bond donors (Lipinski definition) is 0. The SMILES string of the molecule is O=C(c1ccccc1Cl)N1CCN(c2ccc([N+](=O)[O-])cc2S(=O)(=O)N2CCOCC2)CC1. The zero-order valence-corrected chi connectivity index (χ0v) is 19.3. The number of nitrogens with zero attached hydrogens (tertiary/aromatic N) is 4. The summed E-state index contributed by atoms with van der Waals surface area (Å²) in [5.41, 5.74) is 0.508. The second-order valence-corrected chi connectivity index (χ2v) is 10.00. The van der Waals surface area contributed by atoms with Gasteiger partial charge in [-0.25, -0.2) is 8.42 Å². The van der Waals surface area contributed by atoms with Crippen LogP contribution in [0.25, 0.3) is 0 Å². The standard InChI is InChI=1S/C21H23ClN4O6S/c22-18-4-2-1-3-17(18)21(27)24-9-7-23(8-10-24)19-6-5-16(26(28)29)15-20(19)33(30,31)25-11-13-32-14-12-25/h1-6,15H,7-14H2.